The zero-order valence-corrected chi connectivity index (χ0v) is 18.8. The van der Waals surface area contributed by atoms with Crippen LogP contribution in [-0.2, 0) is 21.4 Å². The van der Waals surface area contributed by atoms with Crippen molar-refractivity contribution in [3.05, 3.63) is 68.5 Å². The van der Waals surface area contributed by atoms with Crippen LogP contribution in [0.4, 0.5) is 0 Å². The molecule has 0 amide bonds. The highest BCUT2D eigenvalue weighted by Crippen LogP contribution is 2.28. The quantitative estimate of drug-likeness (QED) is 0.406. The predicted octanol–water partition coefficient (Wildman–Crippen LogP) is 3.37. The first-order valence-corrected chi connectivity index (χ1v) is 10.9. The van der Waals surface area contributed by atoms with E-state index in [0.29, 0.717) is 21.6 Å². The van der Waals surface area contributed by atoms with Gasteiger partial charge >= 0.3 is 11.6 Å². The van der Waals surface area contributed by atoms with E-state index < -0.39 is 21.6 Å². The van der Waals surface area contributed by atoms with Gasteiger partial charge < -0.3 is 13.9 Å². The Morgan fingerprint density at radius 3 is 2.52 bits per heavy atom. The van der Waals surface area contributed by atoms with Crippen LogP contribution in [0.3, 0.4) is 0 Å². The van der Waals surface area contributed by atoms with Gasteiger partial charge in [-0.2, -0.15) is 0 Å². The molecule has 0 saturated carbocycles. The van der Waals surface area contributed by atoms with Gasteiger partial charge in [-0.25, -0.2) is 22.3 Å². The number of halogens is 1. The van der Waals surface area contributed by atoms with E-state index in [-0.39, 0.29) is 22.8 Å². The number of methoxy groups -OCH3 is 1. The van der Waals surface area contributed by atoms with Gasteiger partial charge in [-0.3, -0.25) is 0 Å². The standard InChI is InChI=1S/C21H20ClNO7S/c1-12-7-18-15(10-16(12)22)14(9-20(24)30-18)11-29-21(25)13-5-6-17(28-4)19(8-13)31(26,27)23(2)3/h5-10H,11H2,1-4H3. The molecule has 0 N–H and O–H groups in total. The zero-order chi connectivity index (χ0) is 22.9. The Hall–Kier alpha value is -2.88. The van der Waals surface area contributed by atoms with Crippen molar-refractivity contribution < 1.29 is 27.1 Å². The molecule has 3 aromatic rings. The third-order valence-electron chi connectivity index (χ3n) is 4.63. The Morgan fingerprint density at radius 2 is 1.87 bits per heavy atom. The van der Waals surface area contributed by atoms with Crippen molar-refractivity contribution in [3.8, 4) is 5.75 Å². The molecule has 0 atom stereocenters. The molecule has 8 nitrogen and oxygen atoms in total. The Kier molecular flexibility index (Phi) is 6.40. The van der Waals surface area contributed by atoms with E-state index in [4.69, 9.17) is 25.5 Å². The molecular weight excluding hydrogens is 446 g/mol. The SMILES string of the molecule is COc1ccc(C(=O)OCc2cc(=O)oc3cc(C)c(Cl)cc23)cc1S(=O)(=O)N(C)C. The highest BCUT2D eigenvalue weighted by Gasteiger charge is 2.24. The van der Waals surface area contributed by atoms with Crippen molar-refractivity contribution in [1.82, 2.24) is 4.31 Å². The summed E-state index contributed by atoms with van der Waals surface area (Å²) in [4.78, 5) is 24.3. The molecule has 1 aromatic heterocycles. The fourth-order valence-electron chi connectivity index (χ4n) is 2.90. The van der Waals surface area contributed by atoms with Crippen molar-refractivity contribution in [2.24, 2.45) is 0 Å². The number of rotatable bonds is 6. The summed E-state index contributed by atoms with van der Waals surface area (Å²) >= 11 is 6.17. The average Bonchev–Trinajstić information content (AvgIpc) is 2.72. The molecule has 31 heavy (non-hydrogen) atoms. The molecule has 2 aromatic carbocycles. The molecule has 0 fully saturated rings. The summed E-state index contributed by atoms with van der Waals surface area (Å²) in [5.41, 5.74) is 0.895. The second-order valence-electron chi connectivity index (χ2n) is 6.92. The molecule has 0 aliphatic carbocycles. The van der Waals surface area contributed by atoms with Crippen LogP contribution in [0.2, 0.25) is 5.02 Å². The van der Waals surface area contributed by atoms with Gasteiger partial charge in [0.25, 0.3) is 0 Å². The van der Waals surface area contributed by atoms with Crippen LogP contribution in [-0.4, -0.2) is 39.9 Å². The van der Waals surface area contributed by atoms with Crippen LogP contribution < -0.4 is 10.4 Å². The first kappa shape index (κ1) is 22.8. The van der Waals surface area contributed by atoms with Crippen LogP contribution in [0, 0.1) is 6.92 Å². The van der Waals surface area contributed by atoms with E-state index >= 15 is 0 Å². The van der Waals surface area contributed by atoms with Gasteiger partial charge in [0.1, 0.15) is 22.8 Å². The Morgan fingerprint density at radius 1 is 1.16 bits per heavy atom. The average molecular weight is 466 g/mol. The predicted molar refractivity (Wildman–Crippen MR) is 115 cm³/mol. The van der Waals surface area contributed by atoms with E-state index in [1.165, 1.54) is 45.5 Å². The maximum Gasteiger partial charge on any atom is 0.338 e. The minimum atomic E-state index is -3.85. The number of aryl methyl sites for hydroxylation is 1. The van der Waals surface area contributed by atoms with Gasteiger partial charge in [-0.15, -0.1) is 0 Å². The van der Waals surface area contributed by atoms with Crippen LogP contribution >= 0.6 is 11.6 Å². The summed E-state index contributed by atoms with van der Waals surface area (Å²) in [6, 6.07) is 8.45. The molecule has 0 unspecified atom stereocenters. The van der Waals surface area contributed by atoms with Gasteiger partial charge in [0, 0.05) is 36.1 Å². The number of carbonyl (C=O) groups is 1. The number of sulfonamides is 1. The Bertz CT molecular complexity index is 1330. The summed E-state index contributed by atoms with van der Waals surface area (Å²) in [5, 5.41) is 1.01. The lowest BCUT2D eigenvalue weighted by Gasteiger charge is -2.15. The normalized spacial score (nSPS) is 11.7. The van der Waals surface area contributed by atoms with Crippen LogP contribution in [0.15, 0.2) is 50.5 Å². The lowest BCUT2D eigenvalue weighted by molar-refractivity contribution is 0.0473. The first-order chi connectivity index (χ1) is 14.5. The van der Waals surface area contributed by atoms with Gasteiger partial charge in [-0.1, -0.05) is 11.6 Å². The number of carbonyl (C=O) groups excluding carboxylic acids is 1. The highest BCUT2D eigenvalue weighted by molar-refractivity contribution is 7.89. The third kappa shape index (κ3) is 4.58. The van der Waals surface area contributed by atoms with Crippen LogP contribution in [0.25, 0.3) is 11.0 Å². The van der Waals surface area contributed by atoms with E-state index in [1.807, 2.05) is 0 Å². The topological polar surface area (TPSA) is 103 Å². The fourth-order valence-corrected chi connectivity index (χ4v) is 4.13. The van der Waals surface area contributed by atoms with Crippen LogP contribution in [0.1, 0.15) is 21.5 Å². The third-order valence-corrected chi connectivity index (χ3v) is 6.87. The largest absolute Gasteiger partial charge is 0.495 e. The van der Waals surface area contributed by atoms with Crippen LogP contribution in [0.5, 0.6) is 5.75 Å². The minimum Gasteiger partial charge on any atom is -0.495 e. The van der Waals surface area contributed by atoms with Crippen molar-refractivity contribution in [2.45, 2.75) is 18.4 Å². The number of benzene rings is 2. The molecule has 0 bridgehead atoms. The molecule has 0 radical (unpaired) electrons. The van der Waals surface area contributed by atoms with Gasteiger partial charge in [0.2, 0.25) is 10.0 Å². The molecule has 3 rings (SSSR count). The highest BCUT2D eigenvalue weighted by atomic mass is 35.5. The molecule has 0 spiro atoms. The molecule has 0 aliphatic rings. The van der Waals surface area contributed by atoms with Crippen molar-refractivity contribution in [1.29, 1.82) is 0 Å². The Labute approximate surface area is 184 Å². The summed E-state index contributed by atoms with van der Waals surface area (Å²) < 4.78 is 41.7. The second kappa shape index (κ2) is 8.70. The number of esters is 1. The summed E-state index contributed by atoms with van der Waals surface area (Å²) in [6.45, 7) is 1.54. The molecular formula is C21H20ClNO7S. The van der Waals surface area contributed by atoms with E-state index in [9.17, 15) is 18.0 Å². The Balaban J connectivity index is 1.93. The smallest absolute Gasteiger partial charge is 0.338 e. The van der Waals surface area contributed by atoms with Gasteiger partial charge in [0.05, 0.1) is 12.7 Å². The van der Waals surface area contributed by atoms with Gasteiger partial charge in [0.15, 0.2) is 0 Å². The summed E-state index contributed by atoms with van der Waals surface area (Å²) in [6.07, 6.45) is 0. The lowest BCUT2D eigenvalue weighted by atomic mass is 10.1. The number of ether oxygens (including phenoxy) is 2. The fraction of sp³-hybridized carbons (Fsp3) is 0.238. The van der Waals surface area contributed by atoms with Crippen molar-refractivity contribution >= 4 is 38.6 Å². The number of hydrogen-bond acceptors (Lipinski definition) is 7. The maximum atomic E-state index is 12.6. The molecule has 0 saturated heterocycles. The zero-order valence-electron chi connectivity index (χ0n) is 17.3. The van der Waals surface area contributed by atoms with Gasteiger partial charge in [-0.05, 0) is 42.8 Å². The lowest BCUT2D eigenvalue weighted by Crippen LogP contribution is -2.23. The second-order valence-corrected chi connectivity index (χ2v) is 9.44. The van der Waals surface area contributed by atoms with E-state index in [1.54, 1.807) is 19.1 Å². The number of fused-ring (bicyclic) bond motifs is 1. The molecule has 0 aliphatic heterocycles. The number of nitrogens with zero attached hydrogens (tertiary/aromatic N) is 1. The number of hydrogen-bond donors (Lipinski definition) is 0. The monoisotopic (exact) mass is 465 g/mol. The van der Waals surface area contributed by atoms with Crippen molar-refractivity contribution in [3.63, 3.8) is 0 Å². The van der Waals surface area contributed by atoms with Crippen molar-refractivity contribution in [2.75, 3.05) is 21.2 Å². The maximum absolute atomic E-state index is 12.6. The molecule has 1 heterocycles. The van der Waals surface area contributed by atoms with E-state index in [0.717, 1.165) is 9.87 Å². The summed E-state index contributed by atoms with van der Waals surface area (Å²) in [7, 11) is 0.228. The summed E-state index contributed by atoms with van der Waals surface area (Å²) in [5.74, 6) is -0.667. The van der Waals surface area contributed by atoms with E-state index in [2.05, 4.69) is 0 Å². The molecule has 10 heteroatoms. The first-order valence-electron chi connectivity index (χ1n) is 9.05. The minimum absolute atomic E-state index is 0.0161. The molecule has 164 valence electrons.